The minimum atomic E-state index is 0.351. The molecule has 0 aromatic heterocycles. The minimum absolute atomic E-state index is 0.351. The van der Waals surface area contributed by atoms with Gasteiger partial charge in [-0.1, -0.05) is 0 Å². The summed E-state index contributed by atoms with van der Waals surface area (Å²) in [5.74, 6) is 0.652. The molecule has 0 unspecified atom stereocenters. The van der Waals surface area contributed by atoms with Crippen molar-refractivity contribution in [1.82, 2.24) is 0 Å². The second kappa shape index (κ2) is 5.76. The zero-order valence-electron chi connectivity index (χ0n) is 9.09. The molecule has 1 rings (SSSR count). The molecule has 2 nitrogen and oxygen atoms in total. The second-order valence-corrected chi connectivity index (χ2v) is 4.09. The Balaban J connectivity index is 2.70. The van der Waals surface area contributed by atoms with Gasteiger partial charge in [-0.2, -0.15) is 0 Å². The van der Waals surface area contributed by atoms with Gasteiger partial charge in [-0.05, 0) is 44.0 Å². The van der Waals surface area contributed by atoms with E-state index in [1.54, 1.807) is 0 Å². The Morgan fingerprint density at radius 3 is 2.80 bits per heavy atom. The monoisotopic (exact) mass is 225 g/mol. The van der Waals surface area contributed by atoms with Crippen molar-refractivity contribution in [3.63, 3.8) is 0 Å². The smallest absolute Gasteiger partial charge is 0.150 e. The largest absolute Gasteiger partial charge is 0.383 e. The van der Waals surface area contributed by atoms with E-state index >= 15 is 0 Å². The Kier molecular flexibility index (Phi) is 4.63. The summed E-state index contributed by atoms with van der Waals surface area (Å²) < 4.78 is 0. The molecule has 0 amide bonds. The Morgan fingerprint density at radius 1 is 1.53 bits per heavy atom. The standard InChI is InChI=1S/C12H16ClNO/c1-9-7-12(4-3-11(9)8-15)14-10(2)5-6-13/h3-4,7-8,10,14H,5-6H2,1-2H3/t10-/m0/s1. The number of carbonyl (C=O) groups is 1. The van der Waals surface area contributed by atoms with E-state index in [1.807, 2.05) is 25.1 Å². The first-order valence-corrected chi connectivity index (χ1v) is 5.59. The van der Waals surface area contributed by atoms with Crippen LogP contribution in [-0.4, -0.2) is 18.2 Å². The highest BCUT2D eigenvalue weighted by atomic mass is 35.5. The van der Waals surface area contributed by atoms with Crippen molar-refractivity contribution < 1.29 is 4.79 Å². The van der Waals surface area contributed by atoms with Crippen LogP contribution >= 0.6 is 11.6 Å². The average molecular weight is 226 g/mol. The lowest BCUT2D eigenvalue weighted by Crippen LogP contribution is -2.15. The lowest BCUT2D eigenvalue weighted by Gasteiger charge is -2.14. The third-order valence-corrected chi connectivity index (χ3v) is 2.57. The molecule has 0 saturated heterocycles. The van der Waals surface area contributed by atoms with Gasteiger partial charge in [-0.15, -0.1) is 11.6 Å². The van der Waals surface area contributed by atoms with Crippen molar-refractivity contribution in [2.45, 2.75) is 26.3 Å². The lowest BCUT2D eigenvalue weighted by atomic mass is 10.1. The fourth-order valence-corrected chi connectivity index (χ4v) is 1.75. The zero-order valence-corrected chi connectivity index (χ0v) is 9.84. The number of halogens is 1. The molecule has 0 aliphatic rings. The van der Waals surface area contributed by atoms with Crippen molar-refractivity contribution in [3.8, 4) is 0 Å². The van der Waals surface area contributed by atoms with Crippen molar-refractivity contribution in [2.24, 2.45) is 0 Å². The van der Waals surface area contributed by atoms with Crippen LogP contribution in [0, 0.1) is 6.92 Å². The number of hydrogen-bond acceptors (Lipinski definition) is 2. The number of benzene rings is 1. The van der Waals surface area contributed by atoms with Crippen LogP contribution in [-0.2, 0) is 0 Å². The van der Waals surface area contributed by atoms with E-state index in [1.165, 1.54) is 0 Å². The molecule has 1 N–H and O–H groups in total. The molecule has 1 atom stereocenters. The third kappa shape index (κ3) is 3.56. The Labute approximate surface area is 95.6 Å². The molecule has 0 radical (unpaired) electrons. The molecule has 0 saturated carbocycles. The van der Waals surface area contributed by atoms with Crippen LogP contribution in [0.25, 0.3) is 0 Å². The van der Waals surface area contributed by atoms with Gasteiger partial charge in [0.05, 0.1) is 0 Å². The van der Waals surface area contributed by atoms with E-state index in [0.29, 0.717) is 11.9 Å². The van der Waals surface area contributed by atoms with Gasteiger partial charge >= 0.3 is 0 Å². The van der Waals surface area contributed by atoms with Crippen molar-refractivity contribution in [1.29, 1.82) is 0 Å². The number of aryl methyl sites for hydroxylation is 1. The molecule has 1 aromatic rings. The van der Waals surface area contributed by atoms with Gasteiger partial charge in [0.2, 0.25) is 0 Å². The van der Waals surface area contributed by atoms with Crippen LogP contribution in [0.15, 0.2) is 18.2 Å². The predicted octanol–water partition coefficient (Wildman–Crippen LogP) is 3.24. The predicted molar refractivity (Wildman–Crippen MR) is 65.0 cm³/mol. The fourth-order valence-electron chi connectivity index (χ4n) is 1.42. The van der Waals surface area contributed by atoms with E-state index in [0.717, 1.165) is 29.5 Å². The first-order chi connectivity index (χ1) is 7.17. The molecule has 0 heterocycles. The van der Waals surface area contributed by atoms with E-state index in [-0.39, 0.29) is 0 Å². The van der Waals surface area contributed by atoms with Crippen LogP contribution in [0.5, 0.6) is 0 Å². The van der Waals surface area contributed by atoms with Gasteiger partial charge in [0.25, 0.3) is 0 Å². The van der Waals surface area contributed by atoms with Gasteiger partial charge in [0, 0.05) is 23.2 Å². The molecular formula is C12H16ClNO. The van der Waals surface area contributed by atoms with Gasteiger partial charge in [-0.3, -0.25) is 4.79 Å². The summed E-state index contributed by atoms with van der Waals surface area (Å²) in [5, 5.41) is 3.33. The number of aldehydes is 1. The highest BCUT2D eigenvalue weighted by Crippen LogP contribution is 2.15. The van der Waals surface area contributed by atoms with E-state index < -0.39 is 0 Å². The van der Waals surface area contributed by atoms with Gasteiger partial charge < -0.3 is 5.32 Å². The molecule has 15 heavy (non-hydrogen) atoms. The summed E-state index contributed by atoms with van der Waals surface area (Å²) in [6, 6.07) is 6.08. The Hall–Kier alpha value is -1.02. The average Bonchev–Trinajstić information content (AvgIpc) is 2.18. The van der Waals surface area contributed by atoms with Crippen LogP contribution in [0.1, 0.15) is 29.3 Å². The van der Waals surface area contributed by atoms with Crippen molar-refractivity contribution in [2.75, 3.05) is 11.2 Å². The lowest BCUT2D eigenvalue weighted by molar-refractivity contribution is 0.112. The first kappa shape index (κ1) is 12.1. The fraction of sp³-hybridized carbons (Fsp3) is 0.417. The number of alkyl halides is 1. The van der Waals surface area contributed by atoms with Crippen LogP contribution < -0.4 is 5.32 Å². The highest BCUT2D eigenvalue weighted by molar-refractivity contribution is 6.17. The van der Waals surface area contributed by atoms with Crippen molar-refractivity contribution >= 4 is 23.6 Å². The maximum atomic E-state index is 10.6. The topological polar surface area (TPSA) is 29.1 Å². The maximum Gasteiger partial charge on any atom is 0.150 e. The van der Waals surface area contributed by atoms with Gasteiger partial charge in [0.15, 0.2) is 0 Å². The third-order valence-electron chi connectivity index (χ3n) is 2.35. The molecule has 82 valence electrons. The quantitative estimate of drug-likeness (QED) is 0.616. The molecule has 0 bridgehead atoms. The van der Waals surface area contributed by atoms with Crippen molar-refractivity contribution in [3.05, 3.63) is 29.3 Å². The summed E-state index contributed by atoms with van der Waals surface area (Å²) in [5.41, 5.74) is 2.77. The van der Waals surface area contributed by atoms with E-state index in [9.17, 15) is 4.79 Å². The van der Waals surface area contributed by atoms with Crippen LogP contribution in [0.3, 0.4) is 0 Å². The molecule has 0 aliphatic heterocycles. The highest BCUT2D eigenvalue weighted by Gasteiger charge is 2.02. The molecular weight excluding hydrogens is 210 g/mol. The van der Waals surface area contributed by atoms with Gasteiger partial charge in [0.1, 0.15) is 6.29 Å². The molecule has 0 aliphatic carbocycles. The minimum Gasteiger partial charge on any atom is -0.383 e. The molecule has 3 heteroatoms. The molecule has 0 spiro atoms. The summed E-state index contributed by atoms with van der Waals surface area (Å²) in [6.07, 6.45) is 1.80. The van der Waals surface area contributed by atoms with E-state index in [4.69, 9.17) is 11.6 Å². The zero-order chi connectivity index (χ0) is 11.3. The van der Waals surface area contributed by atoms with Crippen LogP contribution in [0.2, 0.25) is 0 Å². The summed E-state index contributed by atoms with van der Waals surface area (Å²) in [7, 11) is 0. The Morgan fingerprint density at radius 2 is 2.27 bits per heavy atom. The summed E-state index contributed by atoms with van der Waals surface area (Å²) >= 11 is 5.66. The van der Waals surface area contributed by atoms with E-state index in [2.05, 4.69) is 12.2 Å². The summed E-state index contributed by atoms with van der Waals surface area (Å²) in [4.78, 5) is 10.6. The Bertz CT molecular complexity index is 338. The first-order valence-electron chi connectivity index (χ1n) is 5.05. The number of rotatable bonds is 5. The second-order valence-electron chi connectivity index (χ2n) is 3.71. The SMILES string of the molecule is Cc1cc(N[C@@H](C)CCCl)ccc1C=O. The van der Waals surface area contributed by atoms with Crippen LogP contribution in [0.4, 0.5) is 5.69 Å². The number of nitrogens with one attached hydrogen (secondary N) is 1. The number of anilines is 1. The number of carbonyl (C=O) groups excluding carboxylic acids is 1. The summed E-state index contributed by atoms with van der Waals surface area (Å²) in [6.45, 7) is 4.02. The maximum absolute atomic E-state index is 10.6. The molecule has 1 aromatic carbocycles. The van der Waals surface area contributed by atoms with Gasteiger partial charge in [-0.25, -0.2) is 0 Å². The number of hydrogen-bond donors (Lipinski definition) is 1. The normalized spacial score (nSPS) is 12.2. The molecule has 0 fully saturated rings.